The Morgan fingerprint density at radius 2 is 1.93 bits per heavy atom. The monoisotopic (exact) mass is 511 g/mol. The third-order valence-electron chi connectivity index (χ3n) is 4.39. The van der Waals surface area contributed by atoms with E-state index >= 15 is 0 Å². The van der Waals surface area contributed by atoms with E-state index in [1.165, 1.54) is 0 Å². The Labute approximate surface area is 186 Å². The number of carbonyl (C=O) groups is 1. The van der Waals surface area contributed by atoms with Crippen LogP contribution in [0.25, 0.3) is 0 Å². The normalized spacial score (nSPS) is 18.2. The molecule has 1 saturated heterocycles. The molecule has 2 N–H and O–H groups in total. The summed E-state index contributed by atoms with van der Waals surface area (Å²) in [7, 11) is 0. The lowest BCUT2D eigenvalue weighted by atomic mass is 10.2. The van der Waals surface area contributed by atoms with Crippen LogP contribution < -0.4 is 10.6 Å². The van der Waals surface area contributed by atoms with Crippen molar-refractivity contribution in [2.24, 2.45) is 4.99 Å². The molecule has 0 aromatic heterocycles. The predicted octanol–water partition coefficient (Wildman–Crippen LogP) is 1.89. The fraction of sp³-hybridized carbons (Fsp3) is 0.895. The zero-order chi connectivity index (χ0) is 19.7. The third-order valence-corrected chi connectivity index (χ3v) is 4.39. The maximum absolute atomic E-state index is 12.4. The van der Waals surface area contributed by atoms with Gasteiger partial charge in [0, 0.05) is 45.3 Å². The van der Waals surface area contributed by atoms with Crippen LogP contribution in [0.3, 0.4) is 0 Å². The summed E-state index contributed by atoms with van der Waals surface area (Å²) < 4.78 is 10.9. The van der Waals surface area contributed by atoms with Crippen molar-refractivity contribution in [2.75, 3.05) is 59.0 Å². The molecule has 1 aliphatic heterocycles. The molecule has 0 radical (unpaired) electrons. The fourth-order valence-corrected chi connectivity index (χ4v) is 2.89. The Balaban J connectivity index is 0.00000392. The quantitative estimate of drug-likeness (QED) is 0.295. The average Bonchev–Trinajstić information content (AvgIpc) is 3.42. The van der Waals surface area contributed by atoms with Crippen molar-refractivity contribution >= 4 is 36.0 Å². The molecule has 0 atom stereocenters. The molecule has 2 aliphatic rings. The highest BCUT2D eigenvalue weighted by molar-refractivity contribution is 14.0. The number of rotatable bonds is 8. The van der Waals surface area contributed by atoms with E-state index in [1.807, 2.05) is 25.7 Å². The van der Waals surface area contributed by atoms with Gasteiger partial charge in [-0.25, -0.2) is 4.79 Å². The van der Waals surface area contributed by atoms with Gasteiger partial charge in [-0.15, -0.1) is 24.0 Å². The minimum atomic E-state index is -0.465. The van der Waals surface area contributed by atoms with Gasteiger partial charge in [0.2, 0.25) is 0 Å². The van der Waals surface area contributed by atoms with Crippen molar-refractivity contribution in [1.29, 1.82) is 0 Å². The van der Waals surface area contributed by atoms with Crippen molar-refractivity contribution in [3.05, 3.63) is 0 Å². The van der Waals surface area contributed by atoms with Gasteiger partial charge in [0.25, 0.3) is 0 Å². The zero-order valence-electron chi connectivity index (χ0n) is 17.8. The Morgan fingerprint density at radius 1 is 1.25 bits per heavy atom. The maximum atomic E-state index is 12.4. The van der Waals surface area contributed by atoms with Crippen LogP contribution in [0, 0.1) is 0 Å². The van der Waals surface area contributed by atoms with E-state index in [-0.39, 0.29) is 30.1 Å². The van der Waals surface area contributed by atoms with Crippen LogP contribution in [0.4, 0.5) is 4.79 Å². The molecule has 8 nitrogen and oxygen atoms in total. The van der Waals surface area contributed by atoms with Gasteiger partial charge >= 0.3 is 6.09 Å². The van der Waals surface area contributed by atoms with E-state index in [4.69, 9.17) is 9.47 Å². The van der Waals surface area contributed by atoms with Crippen LogP contribution in [0.2, 0.25) is 0 Å². The SMILES string of the molecule is CCNC(=NCCN1CCOCC1)NCCN(C(=O)OC(C)(C)C)C1CC1.I. The van der Waals surface area contributed by atoms with Crippen LogP contribution in [0.15, 0.2) is 4.99 Å². The number of guanidine groups is 1. The predicted molar refractivity (Wildman–Crippen MR) is 123 cm³/mol. The van der Waals surface area contributed by atoms with Crippen molar-refractivity contribution in [3.8, 4) is 0 Å². The molecule has 0 bridgehead atoms. The number of nitrogens with zero attached hydrogens (tertiary/aromatic N) is 3. The Bertz CT molecular complexity index is 488. The molecule has 0 spiro atoms. The molecule has 164 valence electrons. The number of hydrogen-bond donors (Lipinski definition) is 2. The second-order valence-electron chi connectivity index (χ2n) is 8.05. The highest BCUT2D eigenvalue weighted by atomic mass is 127. The first kappa shape index (κ1) is 25.2. The molecule has 1 aliphatic carbocycles. The van der Waals surface area contributed by atoms with Crippen LogP contribution in [0.5, 0.6) is 0 Å². The number of halogens is 1. The van der Waals surface area contributed by atoms with E-state index in [1.54, 1.807) is 0 Å². The van der Waals surface area contributed by atoms with Crippen molar-refractivity contribution in [2.45, 2.75) is 52.2 Å². The molecule has 1 saturated carbocycles. The van der Waals surface area contributed by atoms with E-state index in [2.05, 4.69) is 27.4 Å². The smallest absolute Gasteiger partial charge is 0.410 e. The summed E-state index contributed by atoms with van der Waals surface area (Å²) >= 11 is 0. The number of hydrogen-bond acceptors (Lipinski definition) is 5. The molecule has 28 heavy (non-hydrogen) atoms. The van der Waals surface area contributed by atoms with Gasteiger partial charge in [-0.05, 0) is 40.5 Å². The summed E-state index contributed by atoms with van der Waals surface area (Å²) in [5.74, 6) is 0.797. The minimum absolute atomic E-state index is 0. The summed E-state index contributed by atoms with van der Waals surface area (Å²) in [4.78, 5) is 21.3. The molecule has 2 fully saturated rings. The molecule has 0 aromatic rings. The second-order valence-corrected chi connectivity index (χ2v) is 8.05. The highest BCUT2D eigenvalue weighted by Gasteiger charge is 2.34. The molecular weight excluding hydrogens is 473 g/mol. The third kappa shape index (κ3) is 10.1. The Morgan fingerprint density at radius 3 is 2.50 bits per heavy atom. The molecule has 0 aromatic carbocycles. The first-order valence-corrected chi connectivity index (χ1v) is 10.2. The van der Waals surface area contributed by atoms with Gasteiger partial charge in [-0.2, -0.15) is 0 Å². The molecule has 2 rings (SSSR count). The summed E-state index contributed by atoms with van der Waals surface area (Å²) in [6.07, 6.45) is 1.90. The Hall–Kier alpha value is -0.810. The van der Waals surface area contributed by atoms with Gasteiger partial charge in [-0.1, -0.05) is 0 Å². The summed E-state index contributed by atoms with van der Waals surface area (Å²) in [5.41, 5.74) is -0.465. The Kier molecular flexibility index (Phi) is 11.4. The lowest BCUT2D eigenvalue weighted by molar-refractivity contribution is 0.0237. The standard InChI is InChI=1S/C19H37N5O3.HI/c1-5-20-17(21-8-10-23-12-14-26-15-13-23)22-9-11-24(16-6-7-16)18(25)27-19(2,3)4;/h16H,5-15H2,1-4H3,(H2,20,21,22);1H. The number of amides is 1. The molecule has 0 unspecified atom stereocenters. The van der Waals surface area contributed by atoms with E-state index in [0.717, 1.165) is 64.7 Å². The van der Waals surface area contributed by atoms with Crippen LogP contribution in [0.1, 0.15) is 40.5 Å². The first-order chi connectivity index (χ1) is 12.9. The number of ether oxygens (including phenoxy) is 2. The lowest BCUT2D eigenvalue weighted by Gasteiger charge is -2.27. The number of aliphatic imine (C=N–C) groups is 1. The summed E-state index contributed by atoms with van der Waals surface area (Å²) in [6.45, 7) is 15.1. The van der Waals surface area contributed by atoms with Crippen LogP contribution in [-0.2, 0) is 9.47 Å². The fourth-order valence-electron chi connectivity index (χ4n) is 2.89. The van der Waals surface area contributed by atoms with E-state index in [9.17, 15) is 4.79 Å². The summed E-state index contributed by atoms with van der Waals surface area (Å²) in [5, 5.41) is 6.60. The number of morpholine rings is 1. The van der Waals surface area contributed by atoms with Gasteiger partial charge < -0.3 is 25.0 Å². The molecule has 1 heterocycles. The van der Waals surface area contributed by atoms with Gasteiger partial charge in [0.1, 0.15) is 5.60 Å². The van der Waals surface area contributed by atoms with Crippen molar-refractivity contribution in [3.63, 3.8) is 0 Å². The van der Waals surface area contributed by atoms with E-state index < -0.39 is 5.60 Å². The number of carbonyl (C=O) groups excluding carboxylic acids is 1. The highest BCUT2D eigenvalue weighted by Crippen LogP contribution is 2.27. The van der Waals surface area contributed by atoms with Crippen LogP contribution in [-0.4, -0.2) is 92.5 Å². The molecule has 9 heteroatoms. The van der Waals surface area contributed by atoms with Gasteiger partial charge in [-0.3, -0.25) is 9.89 Å². The lowest BCUT2D eigenvalue weighted by Crippen LogP contribution is -2.45. The zero-order valence-corrected chi connectivity index (χ0v) is 20.2. The largest absolute Gasteiger partial charge is 0.444 e. The topological polar surface area (TPSA) is 78.4 Å². The maximum Gasteiger partial charge on any atom is 0.410 e. The average molecular weight is 511 g/mol. The second kappa shape index (κ2) is 12.7. The summed E-state index contributed by atoms with van der Waals surface area (Å²) in [6, 6.07) is 0.322. The van der Waals surface area contributed by atoms with Gasteiger partial charge in [0.15, 0.2) is 5.96 Å². The van der Waals surface area contributed by atoms with E-state index in [0.29, 0.717) is 19.1 Å². The van der Waals surface area contributed by atoms with Crippen molar-refractivity contribution < 1.29 is 14.3 Å². The molecular formula is C19H38IN5O3. The molecule has 1 amide bonds. The number of nitrogens with one attached hydrogen (secondary N) is 2. The van der Waals surface area contributed by atoms with Gasteiger partial charge in [0.05, 0.1) is 19.8 Å². The minimum Gasteiger partial charge on any atom is -0.444 e. The van der Waals surface area contributed by atoms with Crippen molar-refractivity contribution in [1.82, 2.24) is 20.4 Å². The first-order valence-electron chi connectivity index (χ1n) is 10.2. The van der Waals surface area contributed by atoms with Crippen LogP contribution >= 0.6 is 24.0 Å².